The van der Waals surface area contributed by atoms with Crippen molar-refractivity contribution >= 4 is 17.6 Å². The number of hydrogen-bond acceptors (Lipinski definition) is 6. The molecule has 0 aliphatic carbocycles. The van der Waals surface area contributed by atoms with Gasteiger partial charge < -0.3 is 26.6 Å². The molecular weight excluding hydrogens is 416 g/mol. The van der Waals surface area contributed by atoms with Gasteiger partial charge in [0.2, 0.25) is 0 Å². The molecule has 8 heteroatoms. The van der Waals surface area contributed by atoms with E-state index in [1.807, 2.05) is 83.1 Å². The monoisotopic (exact) mass is 464 g/mol. The Kier molecular flexibility index (Phi) is 16.4. The Morgan fingerprint density at radius 3 is 0.600 bits per heavy atom. The molecule has 0 atom stereocenters. The second kappa shape index (κ2) is 15.5. The summed E-state index contributed by atoms with van der Waals surface area (Å²) in [7, 11) is -5.39. The molecule has 0 spiro atoms. The van der Waals surface area contributed by atoms with Crippen LogP contribution in [0.4, 0.5) is 0 Å². The highest BCUT2D eigenvalue weighted by molar-refractivity contribution is 6.66. The summed E-state index contributed by atoms with van der Waals surface area (Å²) in [5.74, 6) is 0. The van der Waals surface area contributed by atoms with Crippen molar-refractivity contribution in [1.29, 1.82) is 0 Å². The van der Waals surface area contributed by atoms with Crippen LogP contribution in [0.2, 0.25) is 0 Å². The van der Waals surface area contributed by atoms with Crippen LogP contribution in [0.25, 0.3) is 0 Å². The van der Waals surface area contributed by atoms with Gasteiger partial charge >= 0.3 is 17.6 Å². The second-order valence-electron chi connectivity index (χ2n) is 8.61. The topological polar surface area (TPSA) is 55.4 Å². The van der Waals surface area contributed by atoms with Gasteiger partial charge in [0.1, 0.15) is 0 Å². The molecule has 0 aromatic carbocycles. The molecule has 0 unspecified atom stereocenters. The predicted octanol–water partition coefficient (Wildman–Crippen LogP) is 5.85. The van der Waals surface area contributed by atoms with E-state index in [2.05, 4.69) is 13.2 Å². The molecule has 0 saturated carbocycles. The van der Waals surface area contributed by atoms with E-state index in [0.717, 1.165) is 0 Å². The van der Waals surface area contributed by atoms with E-state index in [-0.39, 0.29) is 36.6 Å². The summed E-state index contributed by atoms with van der Waals surface area (Å²) in [5, 5.41) is 0. The summed E-state index contributed by atoms with van der Waals surface area (Å²) < 4.78 is 34.7. The van der Waals surface area contributed by atoms with Gasteiger partial charge in [-0.2, -0.15) is 0 Å². The number of rotatable bonds is 14. The Morgan fingerprint density at radius 1 is 0.400 bits per heavy atom. The lowest BCUT2D eigenvalue weighted by atomic mass is 10.5. The number of hydrogen-bond donors (Lipinski definition) is 0. The highest BCUT2D eigenvalue weighted by Crippen LogP contribution is 2.19. The van der Waals surface area contributed by atoms with Gasteiger partial charge in [0.25, 0.3) is 0 Å². The van der Waals surface area contributed by atoms with E-state index >= 15 is 0 Å². The molecule has 0 aliphatic rings. The molecule has 0 bridgehead atoms. The Labute approximate surface area is 188 Å². The first-order valence-corrected chi connectivity index (χ1v) is 14.6. The lowest BCUT2D eigenvalue weighted by Gasteiger charge is -2.31. The van der Waals surface area contributed by atoms with E-state index < -0.39 is 17.6 Å². The maximum Gasteiger partial charge on any atom is 0.529 e. The molecule has 0 radical (unpaired) electrons. The highest BCUT2D eigenvalue weighted by atomic mass is 28.4. The normalized spacial score (nSPS) is 12.9. The van der Waals surface area contributed by atoms with Crippen molar-refractivity contribution in [2.24, 2.45) is 0 Å². The van der Waals surface area contributed by atoms with Crippen molar-refractivity contribution in [3.05, 3.63) is 24.6 Å². The highest BCUT2D eigenvalue weighted by Gasteiger charge is 2.41. The first-order valence-electron chi connectivity index (χ1n) is 11.0. The summed E-state index contributed by atoms with van der Waals surface area (Å²) in [5.41, 5.74) is 3.40. The summed E-state index contributed by atoms with van der Waals surface area (Å²) in [6.45, 7) is 31.2. The van der Waals surface area contributed by atoms with Crippen LogP contribution in [0, 0.1) is 0 Å². The van der Waals surface area contributed by atoms with E-state index in [0.29, 0.717) is 0 Å². The zero-order chi connectivity index (χ0) is 24.1. The van der Waals surface area contributed by atoms with Crippen LogP contribution in [0.3, 0.4) is 0 Å². The van der Waals surface area contributed by atoms with E-state index in [4.69, 9.17) is 26.6 Å². The van der Waals surface area contributed by atoms with Crippen LogP contribution >= 0.6 is 0 Å². The van der Waals surface area contributed by atoms with E-state index in [1.54, 1.807) is 11.4 Å². The lowest BCUT2D eigenvalue weighted by Crippen LogP contribution is -2.49. The Balaban J connectivity index is 0. The fourth-order valence-corrected chi connectivity index (χ4v) is 7.28. The molecule has 0 rings (SSSR count). The standard InChI is InChI=1S/2C11H24O3Si/c2*1-8-15(12-9(2)3,13-10(4)5)14-11(6)7/h2*8-11H,1H2,2-7H3. The van der Waals surface area contributed by atoms with Crippen LogP contribution in [-0.4, -0.2) is 54.2 Å². The third-order valence-corrected chi connectivity index (χ3v) is 8.70. The smallest absolute Gasteiger partial charge is 0.368 e. The Bertz CT molecular complexity index is 369. The van der Waals surface area contributed by atoms with Crippen molar-refractivity contribution in [3.63, 3.8) is 0 Å². The summed E-state index contributed by atoms with van der Waals surface area (Å²) >= 11 is 0. The van der Waals surface area contributed by atoms with Crippen molar-refractivity contribution < 1.29 is 26.6 Å². The van der Waals surface area contributed by atoms with Crippen molar-refractivity contribution in [3.8, 4) is 0 Å². The first kappa shape index (κ1) is 31.9. The van der Waals surface area contributed by atoms with Crippen LogP contribution < -0.4 is 0 Å². The predicted molar refractivity (Wildman–Crippen MR) is 129 cm³/mol. The molecule has 0 aromatic heterocycles. The molecule has 0 aliphatic heterocycles. The van der Waals surface area contributed by atoms with Gasteiger partial charge in [-0.25, -0.2) is 0 Å². The molecule has 180 valence electrons. The second-order valence-corrected chi connectivity index (χ2v) is 13.3. The minimum atomic E-state index is -2.69. The minimum absolute atomic E-state index is 0.0761. The van der Waals surface area contributed by atoms with Crippen molar-refractivity contribution in [2.45, 2.75) is 120 Å². The maximum absolute atomic E-state index is 5.79. The van der Waals surface area contributed by atoms with Crippen LogP contribution in [-0.2, 0) is 26.6 Å². The molecule has 6 nitrogen and oxygen atoms in total. The first-order chi connectivity index (χ1) is 13.6. The molecule has 0 fully saturated rings. The van der Waals surface area contributed by atoms with Crippen LogP contribution in [0.5, 0.6) is 0 Å². The average Bonchev–Trinajstić information content (AvgIpc) is 2.51. The molecule has 0 saturated heterocycles. The van der Waals surface area contributed by atoms with Crippen LogP contribution in [0.15, 0.2) is 24.6 Å². The summed E-state index contributed by atoms with van der Waals surface area (Å²) in [4.78, 5) is 0. The van der Waals surface area contributed by atoms with Crippen molar-refractivity contribution in [1.82, 2.24) is 0 Å². The molecule has 0 heterocycles. The van der Waals surface area contributed by atoms with Gasteiger partial charge in [0, 0.05) is 36.6 Å². The fraction of sp³-hybridized carbons (Fsp3) is 0.818. The molecule has 0 aromatic rings. The van der Waals surface area contributed by atoms with Gasteiger partial charge in [0.15, 0.2) is 0 Å². The average molecular weight is 465 g/mol. The third kappa shape index (κ3) is 15.5. The van der Waals surface area contributed by atoms with Gasteiger partial charge in [-0.05, 0) is 94.5 Å². The van der Waals surface area contributed by atoms with Gasteiger partial charge in [0.05, 0.1) is 0 Å². The Hall–Kier alpha value is -0.326. The maximum atomic E-state index is 5.79. The summed E-state index contributed by atoms with van der Waals surface area (Å²) in [6.07, 6.45) is 0.456. The van der Waals surface area contributed by atoms with Gasteiger partial charge in [-0.1, -0.05) is 13.2 Å². The molecule has 0 amide bonds. The SMILES string of the molecule is C=C[Si](OC(C)C)(OC(C)C)OC(C)C.C=C[Si](OC(C)C)(OC(C)C)OC(C)C. The van der Waals surface area contributed by atoms with E-state index in [9.17, 15) is 0 Å². The van der Waals surface area contributed by atoms with Gasteiger partial charge in [-0.15, -0.1) is 0 Å². The molecule has 0 N–H and O–H groups in total. The zero-order valence-corrected chi connectivity index (χ0v) is 23.5. The van der Waals surface area contributed by atoms with E-state index in [1.165, 1.54) is 0 Å². The zero-order valence-electron chi connectivity index (χ0n) is 21.5. The lowest BCUT2D eigenvalue weighted by molar-refractivity contribution is 0.0128. The molecular formula is C22H48O6Si2. The van der Waals surface area contributed by atoms with Gasteiger partial charge in [-0.3, -0.25) is 0 Å². The molecule has 30 heavy (non-hydrogen) atoms. The summed E-state index contributed by atoms with van der Waals surface area (Å²) in [6, 6.07) is 0. The fourth-order valence-electron chi connectivity index (χ4n) is 2.43. The third-order valence-electron chi connectivity index (χ3n) is 2.90. The Morgan fingerprint density at radius 2 is 0.533 bits per heavy atom. The quantitative estimate of drug-likeness (QED) is 0.301. The minimum Gasteiger partial charge on any atom is -0.368 e. The van der Waals surface area contributed by atoms with Crippen molar-refractivity contribution in [2.75, 3.05) is 0 Å². The largest absolute Gasteiger partial charge is 0.529 e. The van der Waals surface area contributed by atoms with Crippen LogP contribution in [0.1, 0.15) is 83.1 Å².